The zero-order valence-electron chi connectivity index (χ0n) is 18.3. The first-order chi connectivity index (χ1) is 14.6. The van der Waals surface area contributed by atoms with Crippen LogP contribution in [0.15, 0.2) is 0 Å². The Labute approximate surface area is 182 Å². The van der Waals surface area contributed by atoms with Crippen molar-refractivity contribution in [1.82, 2.24) is 0 Å². The van der Waals surface area contributed by atoms with E-state index in [0.29, 0.717) is 25.2 Å². The average Bonchev–Trinajstić information content (AvgIpc) is 2.70. The summed E-state index contributed by atoms with van der Waals surface area (Å²) < 4.78 is 0. The quantitative estimate of drug-likeness (QED) is 0.568. The molecule has 0 aliphatic heterocycles. The Balaban J connectivity index is 1.66. The minimum absolute atomic E-state index is 0.0300. The van der Waals surface area contributed by atoms with Crippen LogP contribution in [0.1, 0.15) is 65.2 Å². The van der Waals surface area contributed by atoms with Gasteiger partial charge in [-0.25, -0.2) is 0 Å². The molecule has 0 aromatic heterocycles. The van der Waals surface area contributed by atoms with Crippen molar-refractivity contribution in [2.45, 2.75) is 83.0 Å². The molecule has 7 nitrogen and oxygen atoms in total. The van der Waals surface area contributed by atoms with Crippen molar-refractivity contribution in [2.24, 2.45) is 41.4 Å². The fraction of sp³-hybridized carbons (Fsp3) is 0.833. The second-order valence-electron chi connectivity index (χ2n) is 10.4. The van der Waals surface area contributed by atoms with Crippen molar-refractivity contribution < 1.29 is 34.5 Å². The van der Waals surface area contributed by atoms with E-state index in [1.807, 2.05) is 0 Å². The van der Waals surface area contributed by atoms with Crippen LogP contribution in [0.3, 0.4) is 0 Å². The van der Waals surface area contributed by atoms with Crippen molar-refractivity contribution in [2.75, 3.05) is 0 Å². The second-order valence-corrected chi connectivity index (χ2v) is 10.4. The number of Topliss-reactive ketones (excluding diaryl/α,β-unsaturated/α-hetero) is 4. The molecule has 0 aromatic carbocycles. The molecule has 4 fully saturated rings. The van der Waals surface area contributed by atoms with E-state index in [1.165, 1.54) is 0 Å². The van der Waals surface area contributed by atoms with Gasteiger partial charge in [0.05, 0.1) is 12.0 Å². The lowest BCUT2D eigenvalue weighted by atomic mass is 9.48. The van der Waals surface area contributed by atoms with Crippen LogP contribution in [-0.2, 0) is 19.2 Å². The fourth-order valence-electron chi connectivity index (χ4n) is 7.32. The number of hydrogen-bond donors (Lipinski definition) is 3. The van der Waals surface area contributed by atoms with Gasteiger partial charge in [0.15, 0.2) is 17.2 Å². The number of carbonyl (C=O) groups excluding carboxylic acids is 4. The maximum Gasteiger partial charge on any atom is 0.185 e. The van der Waals surface area contributed by atoms with Gasteiger partial charge in [0, 0.05) is 18.3 Å². The zero-order valence-corrected chi connectivity index (χ0v) is 18.3. The summed E-state index contributed by atoms with van der Waals surface area (Å²) in [5.41, 5.74) is -2.27. The third-order valence-corrected chi connectivity index (χ3v) is 8.82. The van der Waals surface area contributed by atoms with Gasteiger partial charge in [-0.2, -0.15) is 0 Å². The first-order valence-electron chi connectivity index (χ1n) is 11.8. The molecule has 4 aliphatic carbocycles. The number of aliphatic hydroxyl groups is 3. The third kappa shape index (κ3) is 3.35. The predicted molar refractivity (Wildman–Crippen MR) is 110 cm³/mol. The van der Waals surface area contributed by atoms with E-state index in [-0.39, 0.29) is 24.0 Å². The van der Waals surface area contributed by atoms with Gasteiger partial charge in [0.1, 0.15) is 23.6 Å². The van der Waals surface area contributed by atoms with E-state index < -0.39 is 58.8 Å². The summed E-state index contributed by atoms with van der Waals surface area (Å²) in [6.45, 7) is 3.26. The Kier molecular flexibility index (Phi) is 5.99. The molecule has 0 amide bonds. The molecule has 0 bridgehead atoms. The molecule has 10 atom stereocenters. The van der Waals surface area contributed by atoms with Crippen LogP contribution in [0.4, 0.5) is 0 Å². The number of ketones is 4. The largest absolute Gasteiger partial charge is 0.392 e. The maximum absolute atomic E-state index is 13.6. The van der Waals surface area contributed by atoms with Crippen LogP contribution in [-0.4, -0.2) is 56.3 Å². The van der Waals surface area contributed by atoms with E-state index in [4.69, 9.17) is 0 Å². The number of hydrogen-bond acceptors (Lipinski definition) is 7. The molecular formula is C24H34O7. The first kappa shape index (κ1) is 22.7. The van der Waals surface area contributed by atoms with Crippen LogP contribution in [0.2, 0.25) is 0 Å². The van der Waals surface area contributed by atoms with E-state index in [0.717, 1.165) is 32.6 Å². The first-order valence-corrected chi connectivity index (χ1v) is 11.8. The number of fused-ring (bicyclic) bond motifs is 3. The van der Waals surface area contributed by atoms with Crippen LogP contribution in [0.5, 0.6) is 0 Å². The van der Waals surface area contributed by atoms with Crippen molar-refractivity contribution in [3.05, 3.63) is 0 Å². The summed E-state index contributed by atoms with van der Waals surface area (Å²) in [5, 5.41) is 33.2. The molecule has 7 heteroatoms. The molecule has 0 aromatic rings. The van der Waals surface area contributed by atoms with Gasteiger partial charge in [0.2, 0.25) is 0 Å². The Morgan fingerprint density at radius 3 is 2.45 bits per heavy atom. The number of rotatable bonds is 4. The highest BCUT2D eigenvalue weighted by molar-refractivity contribution is 6.23. The van der Waals surface area contributed by atoms with Gasteiger partial charge < -0.3 is 15.3 Å². The molecule has 172 valence electrons. The van der Waals surface area contributed by atoms with Crippen LogP contribution in [0.25, 0.3) is 0 Å². The molecule has 0 spiro atoms. The SMILES string of the molecule is CCCCC1CCC(O)C2C(=O)C3C(O)[C@]4(O)C(=O)C(C(C)=O)C(=O)C[C@@H]4C[C@@H]3CC12. The normalized spacial score (nSPS) is 47.4. The van der Waals surface area contributed by atoms with Gasteiger partial charge in [-0.1, -0.05) is 26.2 Å². The molecule has 7 unspecified atom stereocenters. The third-order valence-electron chi connectivity index (χ3n) is 8.82. The Hall–Kier alpha value is -1.44. The van der Waals surface area contributed by atoms with Gasteiger partial charge >= 0.3 is 0 Å². The van der Waals surface area contributed by atoms with Gasteiger partial charge in [-0.15, -0.1) is 0 Å². The molecule has 0 heterocycles. The summed E-state index contributed by atoms with van der Waals surface area (Å²) in [6, 6.07) is 0. The number of carbonyl (C=O) groups is 4. The van der Waals surface area contributed by atoms with Gasteiger partial charge in [-0.3, -0.25) is 19.2 Å². The molecule has 3 N–H and O–H groups in total. The van der Waals surface area contributed by atoms with Crippen LogP contribution < -0.4 is 0 Å². The summed E-state index contributed by atoms with van der Waals surface area (Å²) in [4.78, 5) is 51.0. The Bertz CT molecular complexity index is 789. The monoisotopic (exact) mass is 434 g/mol. The maximum atomic E-state index is 13.6. The minimum Gasteiger partial charge on any atom is -0.392 e. The second kappa shape index (κ2) is 8.16. The number of unbranched alkanes of at least 4 members (excludes halogenated alkanes) is 1. The van der Waals surface area contributed by atoms with Gasteiger partial charge in [0.25, 0.3) is 0 Å². The molecule has 31 heavy (non-hydrogen) atoms. The van der Waals surface area contributed by atoms with Crippen molar-refractivity contribution in [3.8, 4) is 0 Å². The van der Waals surface area contributed by atoms with Crippen molar-refractivity contribution >= 4 is 23.1 Å². The molecule has 0 radical (unpaired) electrons. The predicted octanol–water partition coefficient (Wildman–Crippen LogP) is 1.24. The van der Waals surface area contributed by atoms with Crippen molar-refractivity contribution in [3.63, 3.8) is 0 Å². The van der Waals surface area contributed by atoms with Crippen LogP contribution in [0, 0.1) is 41.4 Å². The summed E-state index contributed by atoms with van der Waals surface area (Å²) >= 11 is 0. The highest BCUT2D eigenvalue weighted by Crippen LogP contribution is 2.56. The van der Waals surface area contributed by atoms with Crippen LogP contribution >= 0.6 is 0 Å². The van der Waals surface area contributed by atoms with E-state index in [9.17, 15) is 34.5 Å². The highest BCUT2D eigenvalue weighted by atomic mass is 16.4. The number of aliphatic hydroxyl groups excluding tert-OH is 2. The zero-order chi connectivity index (χ0) is 22.7. The summed E-state index contributed by atoms with van der Waals surface area (Å²) in [6.07, 6.45) is 2.92. The smallest absolute Gasteiger partial charge is 0.185 e. The fourth-order valence-corrected chi connectivity index (χ4v) is 7.32. The minimum atomic E-state index is -2.27. The standard InChI is InChI=1S/C24H34O7/c1-3-4-5-12-6-7-16(26)20-15(12)9-13-8-14-10-17(27)18(11(2)25)22(29)24(14,31)23(30)19(13)21(20)28/h12-16,18-20,23,26,30-31H,3-10H2,1-2H3/t12?,13-,14+,15?,16?,18?,19?,20?,23?,24-/m1/s1. The van der Waals surface area contributed by atoms with E-state index in [2.05, 4.69) is 6.92 Å². The topological polar surface area (TPSA) is 129 Å². The molecular weight excluding hydrogens is 400 g/mol. The Morgan fingerprint density at radius 2 is 1.81 bits per heavy atom. The Morgan fingerprint density at radius 1 is 1.10 bits per heavy atom. The molecule has 0 saturated heterocycles. The van der Waals surface area contributed by atoms with Gasteiger partial charge in [-0.05, 0) is 50.4 Å². The summed E-state index contributed by atoms with van der Waals surface area (Å²) in [7, 11) is 0. The van der Waals surface area contributed by atoms with E-state index in [1.54, 1.807) is 0 Å². The molecule has 4 rings (SSSR count). The highest BCUT2D eigenvalue weighted by Gasteiger charge is 2.67. The molecule has 4 saturated carbocycles. The lowest BCUT2D eigenvalue weighted by Gasteiger charge is -2.57. The molecule has 4 aliphatic rings. The summed E-state index contributed by atoms with van der Waals surface area (Å²) in [5.74, 6) is -6.15. The lowest BCUT2D eigenvalue weighted by Crippen LogP contribution is -2.70. The average molecular weight is 435 g/mol. The van der Waals surface area contributed by atoms with Crippen molar-refractivity contribution in [1.29, 1.82) is 0 Å². The lowest BCUT2D eigenvalue weighted by molar-refractivity contribution is -0.208. The van der Waals surface area contributed by atoms with E-state index >= 15 is 0 Å².